The number of hydrogen-bond acceptors (Lipinski definition) is 2. The minimum atomic E-state index is 1.03. The van der Waals surface area contributed by atoms with E-state index in [0.29, 0.717) is 0 Å². The van der Waals surface area contributed by atoms with Crippen LogP contribution < -0.4 is 4.90 Å². The number of rotatable bonds is 4. The molecule has 6 aromatic rings. The lowest BCUT2D eigenvalue weighted by Crippen LogP contribution is -2.10. The molecule has 0 atom stereocenters. The molecule has 0 N–H and O–H groups in total. The van der Waals surface area contributed by atoms with Crippen LogP contribution in [0.1, 0.15) is 13.8 Å². The van der Waals surface area contributed by atoms with Crippen molar-refractivity contribution in [2.45, 2.75) is 13.8 Å². The molecule has 1 heterocycles. The summed E-state index contributed by atoms with van der Waals surface area (Å²) in [5, 5.41) is 2.66. The Bertz CT molecular complexity index is 1640. The van der Waals surface area contributed by atoms with Gasteiger partial charge in [0.15, 0.2) is 0 Å². The zero-order chi connectivity index (χ0) is 25.2. The van der Waals surface area contributed by atoms with Crippen molar-refractivity contribution in [2.75, 3.05) is 4.90 Å². The second-order valence-electron chi connectivity index (χ2n) is 8.90. The summed E-state index contributed by atoms with van der Waals surface area (Å²) in [5.41, 5.74) is 10.9. The summed E-state index contributed by atoms with van der Waals surface area (Å²) >= 11 is 0. The molecule has 0 saturated heterocycles. The first-order valence-corrected chi connectivity index (χ1v) is 12.9. The number of nitrogens with zero attached hydrogens (tertiary/aromatic N) is 2. The molecule has 0 fully saturated rings. The van der Waals surface area contributed by atoms with Crippen LogP contribution in [0.3, 0.4) is 0 Å². The standard InChI is InChI=1S/C33H22N2.C2H6/c1-2-11-26(12-3-1)35(28-14-7-19-34-22-28)27-13-4-10-24(20-27)25-17-18-29-30-15-5-8-23-9-6-16-31(33(23)30)32(29)21-25;1-2/h1-22H;1-2H3. The highest BCUT2D eigenvalue weighted by Crippen LogP contribution is 2.48. The smallest absolute Gasteiger partial charge is 0.0644 e. The second-order valence-corrected chi connectivity index (χ2v) is 8.90. The van der Waals surface area contributed by atoms with Crippen LogP contribution in [0.5, 0.6) is 0 Å². The van der Waals surface area contributed by atoms with Crippen molar-refractivity contribution in [2.24, 2.45) is 0 Å². The van der Waals surface area contributed by atoms with E-state index < -0.39 is 0 Å². The zero-order valence-electron chi connectivity index (χ0n) is 21.1. The average molecular weight is 477 g/mol. The van der Waals surface area contributed by atoms with Gasteiger partial charge >= 0.3 is 0 Å². The summed E-state index contributed by atoms with van der Waals surface area (Å²) in [5.74, 6) is 0. The molecule has 0 amide bonds. The first-order chi connectivity index (χ1) is 18.4. The summed E-state index contributed by atoms with van der Waals surface area (Å²) in [6.07, 6.45) is 3.72. The van der Waals surface area contributed by atoms with Crippen LogP contribution in [0.15, 0.2) is 134 Å². The summed E-state index contributed by atoms with van der Waals surface area (Å²) in [7, 11) is 0. The average Bonchev–Trinajstić information content (AvgIpc) is 3.30. The maximum absolute atomic E-state index is 4.37. The molecule has 0 unspecified atom stereocenters. The third-order valence-electron chi connectivity index (χ3n) is 6.86. The summed E-state index contributed by atoms with van der Waals surface area (Å²) in [4.78, 5) is 6.62. The number of aromatic nitrogens is 1. The third kappa shape index (κ3) is 3.97. The Morgan fingerprint density at radius 1 is 0.486 bits per heavy atom. The van der Waals surface area contributed by atoms with Crippen molar-refractivity contribution in [1.82, 2.24) is 4.98 Å². The largest absolute Gasteiger partial charge is 0.309 e. The SMILES string of the molecule is CC.c1ccc(N(c2cccnc2)c2cccc(-c3ccc4c(c3)-c3cccc5cccc-4c35)c2)cc1. The molecular weight excluding hydrogens is 448 g/mol. The number of pyridine rings is 1. The van der Waals surface area contributed by atoms with E-state index in [2.05, 4.69) is 119 Å². The fraction of sp³-hybridized carbons (Fsp3) is 0.0571. The summed E-state index contributed by atoms with van der Waals surface area (Å²) in [6.45, 7) is 4.00. The molecule has 1 aliphatic carbocycles. The minimum absolute atomic E-state index is 1.03. The van der Waals surface area contributed by atoms with Gasteiger partial charge in [0.25, 0.3) is 0 Å². The molecule has 1 aromatic heterocycles. The van der Waals surface area contributed by atoms with E-state index in [-0.39, 0.29) is 0 Å². The number of fused-ring (bicyclic) bond motifs is 3. The van der Waals surface area contributed by atoms with Crippen LogP contribution >= 0.6 is 0 Å². The van der Waals surface area contributed by atoms with E-state index in [4.69, 9.17) is 0 Å². The normalized spacial score (nSPS) is 11.0. The molecule has 1 aliphatic rings. The van der Waals surface area contributed by atoms with E-state index in [1.165, 1.54) is 44.2 Å². The van der Waals surface area contributed by atoms with Gasteiger partial charge in [-0.25, -0.2) is 0 Å². The molecule has 0 bridgehead atoms. The van der Waals surface area contributed by atoms with Gasteiger partial charge in [0, 0.05) is 17.6 Å². The lowest BCUT2D eigenvalue weighted by molar-refractivity contribution is 1.23. The van der Waals surface area contributed by atoms with Crippen molar-refractivity contribution in [1.29, 1.82) is 0 Å². The molecule has 2 nitrogen and oxygen atoms in total. The molecular formula is C35H28N2. The first kappa shape index (κ1) is 22.8. The van der Waals surface area contributed by atoms with Gasteiger partial charge < -0.3 is 4.90 Å². The third-order valence-corrected chi connectivity index (χ3v) is 6.86. The van der Waals surface area contributed by atoms with Gasteiger partial charge in [-0.1, -0.05) is 92.7 Å². The summed E-state index contributed by atoms with van der Waals surface area (Å²) < 4.78 is 0. The fourth-order valence-corrected chi connectivity index (χ4v) is 5.31. The van der Waals surface area contributed by atoms with Crippen molar-refractivity contribution in [3.8, 4) is 33.4 Å². The van der Waals surface area contributed by atoms with E-state index in [1.54, 1.807) is 0 Å². The molecule has 178 valence electrons. The Morgan fingerprint density at radius 3 is 1.92 bits per heavy atom. The van der Waals surface area contributed by atoms with Gasteiger partial charge in [0.2, 0.25) is 0 Å². The molecule has 5 aromatic carbocycles. The molecule has 0 saturated carbocycles. The Labute approximate surface area is 218 Å². The first-order valence-electron chi connectivity index (χ1n) is 12.9. The van der Waals surface area contributed by atoms with Crippen molar-refractivity contribution < 1.29 is 0 Å². The predicted molar refractivity (Wildman–Crippen MR) is 158 cm³/mol. The highest BCUT2D eigenvalue weighted by atomic mass is 15.1. The van der Waals surface area contributed by atoms with Crippen molar-refractivity contribution in [3.63, 3.8) is 0 Å². The van der Waals surface area contributed by atoms with Crippen LogP contribution in [0, 0.1) is 0 Å². The number of benzene rings is 5. The molecule has 0 radical (unpaired) electrons. The van der Waals surface area contributed by atoms with Gasteiger partial charge in [-0.05, 0) is 86.6 Å². The summed E-state index contributed by atoms with van der Waals surface area (Å²) in [6, 6.07) is 43.4. The fourth-order valence-electron chi connectivity index (χ4n) is 5.31. The van der Waals surface area contributed by atoms with Crippen LogP contribution in [0.4, 0.5) is 17.1 Å². The molecule has 2 heteroatoms. The number of hydrogen-bond donors (Lipinski definition) is 0. The van der Waals surface area contributed by atoms with Crippen molar-refractivity contribution >= 4 is 27.8 Å². The Balaban J connectivity index is 0.00000123. The molecule has 0 aliphatic heterocycles. The minimum Gasteiger partial charge on any atom is -0.309 e. The van der Waals surface area contributed by atoms with Crippen molar-refractivity contribution in [3.05, 3.63) is 134 Å². The highest BCUT2D eigenvalue weighted by molar-refractivity contribution is 6.15. The van der Waals surface area contributed by atoms with E-state index in [1.807, 2.05) is 38.4 Å². The van der Waals surface area contributed by atoms with Gasteiger partial charge in [-0.15, -0.1) is 0 Å². The predicted octanol–water partition coefficient (Wildman–Crippen LogP) is 10.0. The molecule has 7 rings (SSSR count). The van der Waals surface area contributed by atoms with E-state index in [0.717, 1.165) is 17.1 Å². The topological polar surface area (TPSA) is 16.1 Å². The second kappa shape index (κ2) is 9.75. The molecule has 37 heavy (non-hydrogen) atoms. The maximum atomic E-state index is 4.37. The monoisotopic (exact) mass is 476 g/mol. The zero-order valence-corrected chi connectivity index (χ0v) is 21.1. The van der Waals surface area contributed by atoms with E-state index >= 15 is 0 Å². The van der Waals surface area contributed by atoms with Crippen LogP contribution in [0.2, 0.25) is 0 Å². The van der Waals surface area contributed by atoms with Crippen LogP contribution in [-0.2, 0) is 0 Å². The number of anilines is 3. The van der Waals surface area contributed by atoms with E-state index in [9.17, 15) is 0 Å². The van der Waals surface area contributed by atoms with Gasteiger partial charge in [-0.3, -0.25) is 4.98 Å². The Kier molecular flexibility index (Phi) is 6.00. The maximum Gasteiger partial charge on any atom is 0.0644 e. The Morgan fingerprint density at radius 2 is 1.16 bits per heavy atom. The lowest BCUT2D eigenvalue weighted by atomic mass is 9.97. The quantitative estimate of drug-likeness (QED) is 0.251. The van der Waals surface area contributed by atoms with Gasteiger partial charge in [-0.2, -0.15) is 0 Å². The van der Waals surface area contributed by atoms with Crippen LogP contribution in [-0.4, -0.2) is 4.98 Å². The van der Waals surface area contributed by atoms with Crippen LogP contribution in [0.25, 0.3) is 44.2 Å². The lowest BCUT2D eigenvalue weighted by Gasteiger charge is -2.25. The molecule has 0 spiro atoms. The van der Waals surface area contributed by atoms with Gasteiger partial charge in [0.1, 0.15) is 0 Å². The van der Waals surface area contributed by atoms with Gasteiger partial charge in [0.05, 0.1) is 11.9 Å². The number of para-hydroxylation sites is 1. The highest BCUT2D eigenvalue weighted by Gasteiger charge is 2.21. The Hall–Kier alpha value is -4.69.